The topological polar surface area (TPSA) is 85.6 Å². The molecule has 4 aromatic rings. The van der Waals surface area contributed by atoms with Gasteiger partial charge in [0.15, 0.2) is 5.82 Å². The molecule has 7 heteroatoms. The number of fused-ring (bicyclic) bond motifs is 1. The Morgan fingerprint density at radius 2 is 1.97 bits per heavy atom. The molecule has 1 N–H and O–H groups in total. The van der Waals surface area contributed by atoms with Gasteiger partial charge in [-0.15, -0.1) is 5.10 Å². The minimum Gasteiger partial charge on any atom is -0.322 e. The molecule has 0 bridgehead atoms. The van der Waals surface area contributed by atoms with Crippen LogP contribution in [0.3, 0.4) is 0 Å². The molecule has 1 aliphatic rings. The Hall–Kier alpha value is -3.87. The van der Waals surface area contributed by atoms with Gasteiger partial charge in [0.2, 0.25) is 5.91 Å². The second-order valence-corrected chi connectivity index (χ2v) is 7.00. The average molecular weight is 382 g/mol. The van der Waals surface area contributed by atoms with Crippen molar-refractivity contribution in [2.45, 2.75) is 18.9 Å². The first-order valence-electron chi connectivity index (χ1n) is 9.49. The molecule has 0 atom stereocenters. The summed E-state index contributed by atoms with van der Waals surface area (Å²) in [6.45, 7) is 0. The predicted molar refractivity (Wildman–Crippen MR) is 111 cm³/mol. The molecule has 2 heterocycles. The number of aromatic nitrogens is 5. The van der Waals surface area contributed by atoms with Gasteiger partial charge in [-0.3, -0.25) is 9.78 Å². The van der Waals surface area contributed by atoms with E-state index in [-0.39, 0.29) is 5.91 Å². The van der Waals surface area contributed by atoms with E-state index in [1.165, 1.54) is 6.08 Å². The predicted octanol–water partition coefficient (Wildman–Crippen LogP) is 3.88. The highest BCUT2D eigenvalue weighted by atomic mass is 16.1. The highest BCUT2D eigenvalue weighted by molar-refractivity contribution is 6.03. The molecule has 2 aromatic heterocycles. The molecule has 1 saturated carbocycles. The molecule has 142 valence electrons. The molecule has 0 spiro atoms. The van der Waals surface area contributed by atoms with E-state index in [1.807, 2.05) is 59.3 Å². The Morgan fingerprint density at radius 3 is 2.86 bits per heavy atom. The number of carbonyl (C=O) groups is 1. The van der Waals surface area contributed by atoms with Crippen molar-refractivity contribution in [1.82, 2.24) is 25.2 Å². The fourth-order valence-corrected chi connectivity index (χ4v) is 3.30. The summed E-state index contributed by atoms with van der Waals surface area (Å²) in [7, 11) is 0. The molecule has 0 radical (unpaired) electrons. The number of tetrazole rings is 1. The summed E-state index contributed by atoms with van der Waals surface area (Å²) in [5.74, 6) is 0.512. The van der Waals surface area contributed by atoms with Crippen molar-refractivity contribution >= 4 is 28.6 Å². The standard InChI is InChI=1S/C22H18N6O/c29-20(12-9-16-5-1-4-15-7-3-13-23-21(15)16)24-18-8-2-6-17(14-18)22-25-26-27-28(22)19-10-11-19/h1-9,12-14,19H,10-11H2,(H,24,29)/b12-9+. The van der Waals surface area contributed by atoms with Crippen LogP contribution in [0.1, 0.15) is 24.4 Å². The second kappa shape index (κ2) is 7.27. The third-order valence-corrected chi connectivity index (χ3v) is 4.85. The van der Waals surface area contributed by atoms with Crippen LogP contribution in [0, 0.1) is 0 Å². The number of carbonyl (C=O) groups excluding carboxylic acids is 1. The summed E-state index contributed by atoms with van der Waals surface area (Å²) >= 11 is 0. The van der Waals surface area contributed by atoms with Crippen LogP contribution in [0.25, 0.3) is 28.4 Å². The van der Waals surface area contributed by atoms with Crippen molar-refractivity contribution < 1.29 is 4.79 Å². The van der Waals surface area contributed by atoms with Crippen molar-refractivity contribution in [3.63, 3.8) is 0 Å². The smallest absolute Gasteiger partial charge is 0.248 e. The maximum absolute atomic E-state index is 12.4. The molecule has 1 amide bonds. The van der Waals surface area contributed by atoms with Crippen molar-refractivity contribution in [3.05, 3.63) is 72.4 Å². The molecule has 1 fully saturated rings. The van der Waals surface area contributed by atoms with Gasteiger partial charge in [-0.2, -0.15) is 0 Å². The van der Waals surface area contributed by atoms with Crippen LogP contribution in [-0.4, -0.2) is 31.1 Å². The summed E-state index contributed by atoms with van der Waals surface area (Å²) in [6.07, 6.45) is 7.25. The van der Waals surface area contributed by atoms with Gasteiger partial charge in [0, 0.05) is 34.5 Å². The van der Waals surface area contributed by atoms with E-state index >= 15 is 0 Å². The van der Waals surface area contributed by atoms with Crippen molar-refractivity contribution in [2.24, 2.45) is 0 Å². The minimum atomic E-state index is -0.211. The minimum absolute atomic E-state index is 0.211. The molecule has 2 aromatic carbocycles. The first kappa shape index (κ1) is 17.2. The van der Waals surface area contributed by atoms with E-state index in [0.29, 0.717) is 11.7 Å². The number of nitrogens with zero attached hydrogens (tertiary/aromatic N) is 5. The van der Waals surface area contributed by atoms with Gasteiger partial charge in [-0.05, 0) is 47.5 Å². The lowest BCUT2D eigenvalue weighted by Gasteiger charge is -2.06. The maximum Gasteiger partial charge on any atom is 0.248 e. The number of pyridine rings is 1. The molecular weight excluding hydrogens is 364 g/mol. The van der Waals surface area contributed by atoms with E-state index < -0.39 is 0 Å². The largest absolute Gasteiger partial charge is 0.322 e. The summed E-state index contributed by atoms with van der Waals surface area (Å²) in [4.78, 5) is 16.8. The molecule has 5 rings (SSSR count). The van der Waals surface area contributed by atoms with E-state index in [4.69, 9.17) is 0 Å². The van der Waals surface area contributed by atoms with Gasteiger partial charge >= 0.3 is 0 Å². The van der Waals surface area contributed by atoms with Gasteiger partial charge in [-0.25, -0.2) is 4.68 Å². The van der Waals surface area contributed by atoms with Crippen LogP contribution in [0.4, 0.5) is 5.69 Å². The summed E-state index contributed by atoms with van der Waals surface area (Å²) in [6, 6.07) is 17.7. The van der Waals surface area contributed by atoms with Crippen LogP contribution in [0.2, 0.25) is 0 Å². The summed E-state index contributed by atoms with van der Waals surface area (Å²) in [5.41, 5.74) is 3.34. The van der Waals surface area contributed by atoms with Crippen molar-refractivity contribution in [2.75, 3.05) is 5.32 Å². The van der Waals surface area contributed by atoms with E-state index in [9.17, 15) is 4.79 Å². The second-order valence-electron chi connectivity index (χ2n) is 7.00. The monoisotopic (exact) mass is 382 g/mol. The van der Waals surface area contributed by atoms with Gasteiger partial charge in [-0.1, -0.05) is 36.4 Å². The van der Waals surface area contributed by atoms with Crippen LogP contribution in [-0.2, 0) is 4.79 Å². The molecule has 1 aliphatic carbocycles. The summed E-state index contributed by atoms with van der Waals surface area (Å²) in [5, 5.41) is 16.0. The average Bonchev–Trinajstić information content (AvgIpc) is 3.48. The Kier molecular flexibility index (Phi) is 4.32. The maximum atomic E-state index is 12.4. The van der Waals surface area contributed by atoms with Gasteiger partial charge in [0.1, 0.15) is 0 Å². The third-order valence-electron chi connectivity index (χ3n) is 4.85. The molecule has 0 saturated heterocycles. The molecule has 0 unspecified atom stereocenters. The Bertz CT molecular complexity index is 1220. The zero-order valence-corrected chi connectivity index (χ0v) is 15.6. The number of hydrogen-bond donors (Lipinski definition) is 1. The lowest BCUT2D eigenvalue weighted by Crippen LogP contribution is -2.08. The third kappa shape index (κ3) is 3.62. The van der Waals surface area contributed by atoms with E-state index in [0.717, 1.165) is 40.7 Å². The highest BCUT2D eigenvalue weighted by Gasteiger charge is 2.28. The number of benzene rings is 2. The van der Waals surface area contributed by atoms with Gasteiger partial charge < -0.3 is 5.32 Å². The molecule has 29 heavy (non-hydrogen) atoms. The normalized spacial score (nSPS) is 13.8. The van der Waals surface area contributed by atoms with Gasteiger partial charge in [0.25, 0.3) is 0 Å². The number of hydrogen-bond acceptors (Lipinski definition) is 5. The number of amides is 1. The van der Waals surface area contributed by atoms with Crippen LogP contribution < -0.4 is 5.32 Å². The molecule has 7 nitrogen and oxygen atoms in total. The highest BCUT2D eigenvalue weighted by Crippen LogP contribution is 2.36. The Labute approximate surface area is 167 Å². The Balaban J connectivity index is 1.34. The first-order valence-corrected chi connectivity index (χ1v) is 9.49. The molecular formula is C22H18N6O. The zero-order chi connectivity index (χ0) is 19.6. The SMILES string of the molecule is O=C(/C=C/c1cccc2cccnc12)Nc1cccc(-c2nnnn2C2CC2)c1. The molecule has 0 aliphatic heterocycles. The quantitative estimate of drug-likeness (QED) is 0.530. The van der Waals surface area contributed by atoms with Crippen molar-refractivity contribution in [3.8, 4) is 11.4 Å². The van der Waals surface area contributed by atoms with E-state index in [2.05, 4.69) is 25.8 Å². The first-order chi connectivity index (χ1) is 14.3. The summed E-state index contributed by atoms with van der Waals surface area (Å²) < 4.78 is 1.86. The number of nitrogens with one attached hydrogen (secondary N) is 1. The van der Waals surface area contributed by atoms with Crippen LogP contribution in [0.5, 0.6) is 0 Å². The zero-order valence-electron chi connectivity index (χ0n) is 15.6. The lowest BCUT2D eigenvalue weighted by atomic mass is 10.1. The number of para-hydroxylation sites is 1. The van der Waals surface area contributed by atoms with Crippen LogP contribution >= 0.6 is 0 Å². The number of anilines is 1. The lowest BCUT2D eigenvalue weighted by molar-refractivity contribution is -0.111. The fraction of sp³-hybridized carbons (Fsp3) is 0.136. The fourth-order valence-electron chi connectivity index (χ4n) is 3.30. The van der Waals surface area contributed by atoms with Gasteiger partial charge in [0.05, 0.1) is 11.6 Å². The van der Waals surface area contributed by atoms with E-state index in [1.54, 1.807) is 12.3 Å². The Morgan fingerprint density at radius 1 is 1.10 bits per heavy atom. The van der Waals surface area contributed by atoms with Crippen molar-refractivity contribution in [1.29, 1.82) is 0 Å². The number of rotatable bonds is 5. The van der Waals surface area contributed by atoms with Crippen LogP contribution in [0.15, 0.2) is 66.9 Å².